The van der Waals surface area contributed by atoms with Gasteiger partial charge in [-0.25, -0.2) is 0 Å². The molecule has 1 aromatic rings. The van der Waals surface area contributed by atoms with E-state index in [9.17, 15) is 0 Å². The van der Waals surface area contributed by atoms with Gasteiger partial charge in [-0.15, -0.1) is 0 Å². The van der Waals surface area contributed by atoms with Gasteiger partial charge in [0.1, 0.15) is 5.75 Å². The Labute approximate surface area is 110 Å². The molecule has 0 aliphatic carbocycles. The molecule has 2 heteroatoms. The summed E-state index contributed by atoms with van der Waals surface area (Å²) in [6.45, 7) is 4.10. The molecule has 0 aromatic heterocycles. The van der Waals surface area contributed by atoms with Crippen LogP contribution < -0.4 is 4.74 Å². The molecule has 0 radical (unpaired) electrons. The molecular weight excluding hydrogens is 222 g/mol. The molecule has 2 heterocycles. The number of benzene rings is 1. The SMILES string of the molecule is CCOc1ccccc1[C@@H]1CC[C@@H]2CCCCN21. The number of fused-ring (bicyclic) bond motifs is 1. The van der Waals surface area contributed by atoms with Crippen LogP contribution >= 0.6 is 0 Å². The average molecular weight is 245 g/mol. The molecule has 18 heavy (non-hydrogen) atoms. The predicted molar refractivity (Wildman–Crippen MR) is 73.9 cm³/mol. The van der Waals surface area contributed by atoms with Crippen LogP contribution in [0.2, 0.25) is 0 Å². The molecule has 3 rings (SSSR count). The van der Waals surface area contributed by atoms with Crippen molar-refractivity contribution in [3.63, 3.8) is 0 Å². The molecule has 0 N–H and O–H groups in total. The number of nitrogens with zero attached hydrogens (tertiary/aromatic N) is 1. The van der Waals surface area contributed by atoms with E-state index < -0.39 is 0 Å². The zero-order chi connectivity index (χ0) is 12.4. The van der Waals surface area contributed by atoms with Gasteiger partial charge in [0.15, 0.2) is 0 Å². The molecule has 0 spiro atoms. The van der Waals surface area contributed by atoms with Crippen LogP contribution in [0.5, 0.6) is 5.75 Å². The lowest BCUT2D eigenvalue weighted by Crippen LogP contribution is -2.35. The predicted octanol–water partition coefficient (Wildman–Crippen LogP) is 3.77. The first-order valence-corrected chi connectivity index (χ1v) is 7.37. The second-order valence-electron chi connectivity index (χ2n) is 5.45. The summed E-state index contributed by atoms with van der Waals surface area (Å²) in [5.74, 6) is 1.09. The van der Waals surface area contributed by atoms with Crippen molar-refractivity contribution in [2.45, 2.75) is 51.1 Å². The Kier molecular flexibility index (Phi) is 3.55. The minimum atomic E-state index is 0.595. The quantitative estimate of drug-likeness (QED) is 0.803. The van der Waals surface area contributed by atoms with Crippen molar-refractivity contribution in [1.82, 2.24) is 4.90 Å². The van der Waals surface area contributed by atoms with Crippen molar-refractivity contribution in [1.29, 1.82) is 0 Å². The molecule has 98 valence electrons. The first-order chi connectivity index (χ1) is 8.90. The fourth-order valence-electron chi connectivity index (χ4n) is 3.64. The maximum absolute atomic E-state index is 5.80. The summed E-state index contributed by atoms with van der Waals surface area (Å²) in [5, 5.41) is 0. The van der Waals surface area contributed by atoms with Gasteiger partial charge in [0, 0.05) is 17.6 Å². The number of hydrogen-bond acceptors (Lipinski definition) is 2. The maximum Gasteiger partial charge on any atom is 0.124 e. The Morgan fingerprint density at radius 3 is 2.94 bits per heavy atom. The summed E-state index contributed by atoms with van der Waals surface area (Å²) < 4.78 is 5.80. The monoisotopic (exact) mass is 245 g/mol. The number of rotatable bonds is 3. The molecule has 0 unspecified atom stereocenters. The average Bonchev–Trinajstić information content (AvgIpc) is 2.84. The molecule has 1 aromatic carbocycles. The van der Waals surface area contributed by atoms with Crippen LogP contribution in [-0.2, 0) is 0 Å². The van der Waals surface area contributed by atoms with Crippen molar-refractivity contribution in [2.24, 2.45) is 0 Å². The van der Waals surface area contributed by atoms with Crippen LogP contribution in [0.3, 0.4) is 0 Å². The fourth-order valence-corrected chi connectivity index (χ4v) is 3.64. The largest absolute Gasteiger partial charge is 0.494 e. The third-order valence-electron chi connectivity index (χ3n) is 4.42. The Hall–Kier alpha value is -1.02. The van der Waals surface area contributed by atoms with E-state index in [1.54, 1.807) is 0 Å². The Balaban J connectivity index is 1.86. The number of para-hydroxylation sites is 1. The summed E-state index contributed by atoms with van der Waals surface area (Å²) in [7, 11) is 0. The van der Waals surface area contributed by atoms with Gasteiger partial charge in [-0.2, -0.15) is 0 Å². The second kappa shape index (κ2) is 5.31. The van der Waals surface area contributed by atoms with Crippen molar-refractivity contribution >= 4 is 0 Å². The Morgan fingerprint density at radius 2 is 2.06 bits per heavy atom. The van der Waals surface area contributed by atoms with Crippen LogP contribution in [0.15, 0.2) is 24.3 Å². The first kappa shape index (κ1) is 12.0. The maximum atomic E-state index is 5.80. The highest BCUT2D eigenvalue weighted by atomic mass is 16.5. The molecule has 2 aliphatic heterocycles. The highest BCUT2D eigenvalue weighted by molar-refractivity contribution is 5.36. The smallest absolute Gasteiger partial charge is 0.124 e. The van der Waals surface area contributed by atoms with Gasteiger partial charge in [-0.05, 0) is 45.2 Å². The minimum Gasteiger partial charge on any atom is -0.494 e. The highest BCUT2D eigenvalue weighted by Crippen LogP contribution is 2.42. The highest BCUT2D eigenvalue weighted by Gasteiger charge is 2.36. The van der Waals surface area contributed by atoms with E-state index in [2.05, 4.69) is 36.1 Å². The van der Waals surface area contributed by atoms with Gasteiger partial charge < -0.3 is 4.74 Å². The van der Waals surface area contributed by atoms with Gasteiger partial charge in [0.2, 0.25) is 0 Å². The van der Waals surface area contributed by atoms with E-state index >= 15 is 0 Å². The topological polar surface area (TPSA) is 12.5 Å². The van der Waals surface area contributed by atoms with Gasteiger partial charge in [-0.3, -0.25) is 4.90 Å². The molecular formula is C16H23NO. The van der Waals surface area contributed by atoms with Crippen LogP contribution in [0.4, 0.5) is 0 Å². The van der Waals surface area contributed by atoms with Crippen LogP contribution in [0.25, 0.3) is 0 Å². The Bertz CT molecular complexity index is 404. The zero-order valence-electron chi connectivity index (χ0n) is 11.3. The van der Waals surface area contributed by atoms with Gasteiger partial charge in [0.05, 0.1) is 6.61 Å². The van der Waals surface area contributed by atoms with Gasteiger partial charge in [-0.1, -0.05) is 24.6 Å². The zero-order valence-corrected chi connectivity index (χ0v) is 11.3. The molecule has 0 saturated carbocycles. The van der Waals surface area contributed by atoms with Gasteiger partial charge in [0.25, 0.3) is 0 Å². The van der Waals surface area contributed by atoms with E-state index in [0.29, 0.717) is 6.04 Å². The van der Waals surface area contributed by atoms with E-state index in [1.807, 2.05) is 0 Å². The minimum absolute atomic E-state index is 0.595. The summed E-state index contributed by atoms with van der Waals surface area (Å²) in [4.78, 5) is 2.72. The van der Waals surface area contributed by atoms with Crippen molar-refractivity contribution in [3.05, 3.63) is 29.8 Å². The molecule has 0 amide bonds. The van der Waals surface area contributed by atoms with E-state index in [-0.39, 0.29) is 0 Å². The third-order valence-corrected chi connectivity index (χ3v) is 4.42. The molecule has 2 nitrogen and oxygen atoms in total. The first-order valence-electron chi connectivity index (χ1n) is 7.37. The molecule has 0 bridgehead atoms. The number of ether oxygens (including phenoxy) is 1. The van der Waals surface area contributed by atoms with Gasteiger partial charge >= 0.3 is 0 Å². The molecule has 2 atom stereocenters. The van der Waals surface area contributed by atoms with Crippen LogP contribution in [0.1, 0.15) is 50.6 Å². The normalized spacial score (nSPS) is 28.1. The summed E-state index contributed by atoms with van der Waals surface area (Å²) in [6.07, 6.45) is 6.85. The van der Waals surface area contributed by atoms with Crippen molar-refractivity contribution in [3.8, 4) is 5.75 Å². The summed E-state index contributed by atoms with van der Waals surface area (Å²) in [6, 6.07) is 10.0. The molecule has 2 fully saturated rings. The third kappa shape index (κ3) is 2.14. The van der Waals surface area contributed by atoms with Crippen LogP contribution in [-0.4, -0.2) is 24.1 Å². The van der Waals surface area contributed by atoms with E-state index in [4.69, 9.17) is 4.74 Å². The van der Waals surface area contributed by atoms with Crippen molar-refractivity contribution in [2.75, 3.05) is 13.2 Å². The molecule has 2 aliphatic rings. The lowest BCUT2D eigenvalue weighted by atomic mass is 10.0. The van der Waals surface area contributed by atoms with E-state index in [1.165, 1.54) is 44.2 Å². The van der Waals surface area contributed by atoms with Crippen LogP contribution in [0, 0.1) is 0 Å². The summed E-state index contributed by atoms with van der Waals surface area (Å²) >= 11 is 0. The standard InChI is InChI=1S/C16H23NO/c1-2-18-16-9-4-3-8-14(16)15-11-10-13-7-5-6-12-17(13)15/h3-4,8-9,13,15H,2,5-7,10-12H2,1H3/t13-,15-/m0/s1. The lowest BCUT2D eigenvalue weighted by Gasteiger charge is -2.34. The summed E-state index contributed by atoms with van der Waals surface area (Å²) in [5.41, 5.74) is 1.41. The Morgan fingerprint density at radius 1 is 1.17 bits per heavy atom. The van der Waals surface area contributed by atoms with Crippen molar-refractivity contribution < 1.29 is 4.74 Å². The van der Waals surface area contributed by atoms with E-state index in [0.717, 1.165) is 18.4 Å². The number of piperidine rings is 1. The second-order valence-corrected chi connectivity index (χ2v) is 5.45. The lowest BCUT2D eigenvalue weighted by molar-refractivity contribution is 0.147. The molecule has 2 saturated heterocycles. The number of hydrogen-bond donors (Lipinski definition) is 0. The fraction of sp³-hybridized carbons (Fsp3) is 0.625.